The minimum atomic E-state index is -4.20. The minimum absolute atomic E-state index is 0.000620. The lowest BCUT2D eigenvalue weighted by molar-refractivity contribution is 0.197. The summed E-state index contributed by atoms with van der Waals surface area (Å²) in [6, 6.07) is 8.90. The second-order valence-electron chi connectivity index (χ2n) is 8.52. The molecule has 1 saturated carbocycles. The number of hydrogen-bond donors (Lipinski definition) is 2. The van der Waals surface area contributed by atoms with Crippen molar-refractivity contribution >= 4 is 43.8 Å². The lowest BCUT2D eigenvalue weighted by atomic mass is 9.78. The molecule has 1 aliphatic rings. The van der Waals surface area contributed by atoms with E-state index in [1.165, 1.54) is 12.3 Å². The summed E-state index contributed by atoms with van der Waals surface area (Å²) in [6.07, 6.45) is 3.70. The van der Waals surface area contributed by atoms with Crippen LogP contribution in [0.25, 0.3) is 0 Å². The predicted molar refractivity (Wildman–Crippen MR) is 132 cm³/mol. The Morgan fingerprint density at radius 2 is 1.91 bits per heavy atom. The Kier molecular flexibility index (Phi) is 7.42. The highest BCUT2D eigenvalue weighted by Crippen LogP contribution is 2.38. The molecule has 3 atom stereocenters. The summed E-state index contributed by atoms with van der Waals surface area (Å²) in [4.78, 5) is 5.39. The van der Waals surface area contributed by atoms with E-state index in [0.29, 0.717) is 17.7 Å². The molecule has 0 aliphatic heterocycles. The number of nitrogens with one attached hydrogen (secondary N) is 2. The van der Waals surface area contributed by atoms with Gasteiger partial charge in [0.05, 0.1) is 10.7 Å². The van der Waals surface area contributed by atoms with Gasteiger partial charge in [-0.3, -0.25) is 4.72 Å². The molecule has 0 bridgehead atoms. The number of likely N-dealkylation sites (N-methyl/N-ethyl adjacent to an activating group) is 1. The normalized spacial score (nSPS) is 20.9. The number of aromatic nitrogens is 1. The van der Waals surface area contributed by atoms with E-state index >= 15 is 0 Å². The molecule has 1 aliphatic carbocycles. The number of nitrogens with zero attached hydrogens (tertiary/aromatic N) is 2. The third kappa shape index (κ3) is 5.35. The molecule has 2 aromatic carbocycles. The van der Waals surface area contributed by atoms with Gasteiger partial charge in [-0.1, -0.05) is 29.8 Å². The van der Waals surface area contributed by atoms with Gasteiger partial charge in [-0.15, -0.1) is 11.3 Å². The van der Waals surface area contributed by atoms with Crippen molar-refractivity contribution in [2.45, 2.75) is 42.2 Å². The summed E-state index contributed by atoms with van der Waals surface area (Å²) < 4.78 is 56.9. The summed E-state index contributed by atoms with van der Waals surface area (Å²) >= 11 is 7.49. The van der Waals surface area contributed by atoms with E-state index < -0.39 is 20.7 Å². The van der Waals surface area contributed by atoms with Gasteiger partial charge < -0.3 is 10.2 Å². The van der Waals surface area contributed by atoms with Crippen molar-refractivity contribution in [3.05, 3.63) is 70.2 Å². The van der Waals surface area contributed by atoms with Crippen molar-refractivity contribution in [3.8, 4) is 0 Å². The molecule has 0 spiro atoms. The number of hydrogen-bond acceptors (Lipinski definition) is 6. The Morgan fingerprint density at radius 3 is 2.59 bits per heavy atom. The van der Waals surface area contributed by atoms with Crippen LogP contribution in [0.3, 0.4) is 0 Å². The van der Waals surface area contributed by atoms with Crippen LogP contribution in [0, 0.1) is 11.6 Å². The van der Waals surface area contributed by atoms with E-state index in [2.05, 4.69) is 19.9 Å². The van der Waals surface area contributed by atoms with Gasteiger partial charge in [-0.05, 0) is 63.0 Å². The number of halogens is 3. The van der Waals surface area contributed by atoms with Crippen LogP contribution in [0.2, 0.25) is 5.02 Å². The van der Waals surface area contributed by atoms with Crippen LogP contribution in [0.4, 0.5) is 19.6 Å². The third-order valence-corrected chi connectivity index (χ3v) is 8.61. The molecule has 0 unspecified atom stereocenters. The summed E-state index contributed by atoms with van der Waals surface area (Å²) in [5.41, 5.74) is 0.955. The predicted octanol–water partition coefficient (Wildman–Crippen LogP) is 5.55. The monoisotopic (exact) mass is 526 g/mol. The smallest absolute Gasteiger partial charge is 0.266 e. The maximum Gasteiger partial charge on any atom is 0.266 e. The molecule has 1 fully saturated rings. The molecule has 0 radical (unpaired) electrons. The van der Waals surface area contributed by atoms with E-state index in [-0.39, 0.29) is 34.0 Å². The summed E-state index contributed by atoms with van der Waals surface area (Å²) in [5.74, 6) is -1.17. The van der Waals surface area contributed by atoms with E-state index in [9.17, 15) is 17.2 Å². The average Bonchev–Trinajstić information content (AvgIpc) is 3.28. The zero-order valence-electron chi connectivity index (χ0n) is 18.6. The van der Waals surface area contributed by atoms with E-state index in [4.69, 9.17) is 11.6 Å². The van der Waals surface area contributed by atoms with Gasteiger partial charge in [0, 0.05) is 23.7 Å². The lowest BCUT2D eigenvalue weighted by Crippen LogP contribution is -2.47. The van der Waals surface area contributed by atoms with Gasteiger partial charge in [0.1, 0.15) is 16.5 Å². The SMILES string of the molecule is CN(C)[C@H]1CC[C@@H](c2ccccc2F)C[C@@H]1Nc1cc(F)c(S(=O)(=O)Nc2nccs2)cc1Cl. The van der Waals surface area contributed by atoms with Gasteiger partial charge in [0.25, 0.3) is 10.0 Å². The first-order valence-electron chi connectivity index (χ1n) is 10.7. The quantitative estimate of drug-likeness (QED) is 0.422. The Morgan fingerprint density at radius 1 is 1.15 bits per heavy atom. The molecule has 1 heterocycles. The summed E-state index contributed by atoms with van der Waals surface area (Å²) in [5, 5.41) is 5.12. The molecule has 0 saturated heterocycles. The van der Waals surface area contributed by atoms with Gasteiger partial charge in [0.15, 0.2) is 5.13 Å². The van der Waals surface area contributed by atoms with Crippen LogP contribution in [-0.4, -0.2) is 44.5 Å². The Bertz CT molecular complexity index is 1260. The first-order chi connectivity index (χ1) is 16.2. The van der Waals surface area contributed by atoms with Crippen molar-refractivity contribution in [2.24, 2.45) is 0 Å². The number of sulfonamides is 1. The highest BCUT2D eigenvalue weighted by molar-refractivity contribution is 7.93. The number of thiazole rings is 1. The van der Waals surface area contributed by atoms with Gasteiger partial charge in [0.2, 0.25) is 0 Å². The van der Waals surface area contributed by atoms with Crippen LogP contribution in [0.5, 0.6) is 0 Å². The molecule has 0 amide bonds. The fraction of sp³-hybridized carbons (Fsp3) is 0.348. The summed E-state index contributed by atoms with van der Waals surface area (Å²) in [6.45, 7) is 0. The van der Waals surface area contributed by atoms with Crippen LogP contribution < -0.4 is 10.0 Å². The van der Waals surface area contributed by atoms with Crippen molar-refractivity contribution in [1.82, 2.24) is 9.88 Å². The molecule has 3 aromatic rings. The van der Waals surface area contributed by atoms with Gasteiger partial charge in [-0.25, -0.2) is 22.2 Å². The van der Waals surface area contributed by atoms with Crippen molar-refractivity contribution in [3.63, 3.8) is 0 Å². The molecule has 182 valence electrons. The number of benzene rings is 2. The first-order valence-corrected chi connectivity index (χ1v) is 13.5. The minimum Gasteiger partial charge on any atom is -0.379 e. The molecule has 6 nitrogen and oxygen atoms in total. The van der Waals surface area contributed by atoms with Crippen molar-refractivity contribution in [1.29, 1.82) is 0 Å². The molecule has 4 rings (SSSR count). The zero-order chi connectivity index (χ0) is 24.5. The second-order valence-corrected chi connectivity index (χ2v) is 11.5. The molecule has 34 heavy (non-hydrogen) atoms. The average molecular weight is 527 g/mol. The lowest BCUT2D eigenvalue weighted by Gasteiger charge is -2.41. The van der Waals surface area contributed by atoms with Crippen LogP contribution in [0.15, 0.2) is 52.9 Å². The molecule has 11 heteroatoms. The largest absolute Gasteiger partial charge is 0.379 e. The molecular formula is C23H25ClF2N4O2S2. The molecule has 1 aromatic heterocycles. The van der Waals surface area contributed by atoms with Gasteiger partial charge in [-0.2, -0.15) is 0 Å². The van der Waals surface area contributed by atoms with Crippen LogP contribution in [0.1, 0.15) is 30.7 Å². The second kappa shape index (κ2) is 10.2. The first kappa shape index (κ1) is 24.8. The maximum absolute atomic E-state index is 15.0. The molecule has 2 N–H and O–H groups in total. The van der Waals surface area contributed by atoms with E-state index in [0.717, 1.165) is 36.3 Å². The highest BCUT2D eigenvalue weighted by atomic mass is 35.5. The van der Waals surface area contributed by atoms with Crippen molar-refractivity contribution < 1.29 is 17.2 Å². The Labute approximate surface area is 207 Å². The Balaban J connectivity index is 1.59. The number of anilines is 2. The molecular weight excluding hydrogens is 502 g/mol. The zero-order valence-corrected chi connectivity index (χ0v) is 21.0. The summed E-state index contributed by atoms with van der Waals surface area (Å²) in [7, 11) is -0.273. The van der Waals surface area contributed by atoms with E-state index in [1.54, 1.807) is 17.5 Å². The van der Waals surface area contributed by atoms with Crippen LogP contribution in [-0.2, 0) is 10.0 Å². The third-order valence-electron chi connectivity index (χ3n) is 6.13. The van der Waals surface area contributed by atoms with Crippen molar-refractivity contribution in [2.75, 3.05) is 24.1 Å². The van der Waals surface area contributed by atoms with Crippen LogP contribution >= 0.6 is 22.9 Å². The standard InChI is InChI=1S/C23H25ClF2N4O2S2/c1-30(2)21-8-7-14(15-5-3-4-6-17(15)25)11-20(21)28-19-13-18(26)22(12-16(19)24)34(31,32)29-23-27-9-10-33-23/h3-6,9-10,12-14,20-21,28H,7-8,11H2,1-2H3,(H,27,29)/t14-,20+,21+/m1/s1. The topological polar surface area (TPSA) is 74.3 Å². The number of rotatable bonds is 7. The fourth-order valence-corrected chi connectivity index (χ4v) is 6.66. The maximum atomic E-state index is 15.0. The van der Waals surface area contributed by atoms with Gasteiger partial charge >= 0.3 is 0 Å². The highest BCUT2D eigenvalue weighted by Gasteiger charge is 2.34. The van der Waals surface area contributed by atoms with E-state index in [1.807, 2.05) is 20.2 Å². The fourth-order valence-electron chi connectivity index (χ4n) is 4.51. The Hall–Kier alpha value is -2.27.